The third-order valence-corrected chi connectivity index (χ3v) is 2.93. The number of carbonyl (C=O) groups is 1. The molecule has 0 aromatic heterocycles. The molecule has 1 heterocycles. The molecule has 4 heteroatoms. The van der Waals surface area contributed by atoms with E-state index in [1.54, 1.807) is 0 Å². The number of aliphatic hydroxyl groups excluding tert-OH is 1. The summed E-state index contributed by atoms with van der Waals surface area (Å²) in [6.07, 6.45) is 1.00. The van der Waals surface area contributed by atoms with Crippen LogP contribution in [-0.2, 0) is 4.79 Å². The van der Waals surface area contributed by atoms with E-state index < -0.39 is 0 Å². The minimum atomic E-state index is -0.286. The third-order valence-electron chi connectivity index (χ3n) is 2.93. The summed E-state index contributed by atoms with van der Waals surface area (Å²) in [5, 5.41) is 8.89. The Hall–Kier alpha value is -0.610. The second kappa shape index (κ2) is 5.64. The second-order valence-electron chi connectivity index (χ2n) is 5.46. The van der Waals surface area contributed by atoms with Gasteiger partial charge in [-0.15, -0.1) is 0 Å². The van der Waals surface area contributed by atoms with E-state index in [9.17, 15) is 4.79 Å². The maximum absolute atomic E-state index is 12.1. The summed E-state index contributed by atoms with van der Waals surface area (Å²) in [4.78, 5) is 16.3. The first kappa shape index (κ1) is 13.5. The lowest BCUT2D eigenvalue weighted by Gasteiger charge is -2.28. The van der Waals surface area contributed by atoms with E-state index >= 15 is 0 Å². The number of β-amino-alcohol motifs (C(OH)–C–C–N with tert-alkyl or cyclic N) is 1. The summed E-state index contributed by atoms with van der Waals surface area (Å²) in [6.45, 7) is 10.3. The van der Waals surface area contributed by atoms with Gasteiger partial charge in [0.25, 0.3) is 0 Å². The Kier molecular flexibility index (Phi) is 4.74. The maximum Gasteiger partial charge on any atom is 0.227 e. The highest BCUT2D eigenvalue weighted by atomic mass is 16.3. The highest BCUT2D eigenvalue weighted by Crippen LogP contribution is 2.18. The standard InChI is InChI=1S/C12H24N2O2/c1-12(2,3)11(16)14-6-4-5-13(7-8-14)9-10-15/h15H,4-10H2,1-3H3. The van der Waals surface area contributed by atoms with Crippen LogP contribution in [0.3, 0.4) is 0 Å². The molecule has 1 rings (SSSR count). The highest BCUT2D eigenvalue weighted by Gasteiger charge is 2.28. The van der Waals surface area contributed by atoms with Crippen molar-refractivity contribution < 1.29 is 9.90 Å². The molecule has 0 radical (unpaired) electrons. The molecule has 1 aliphatic rings. The Balaban J connectivity index is 2.50. The first-order chi connectivity index (χ1) is 7.45. The first-order valence-corrected chi connectivity index (χ1v) is 6.08. The van der Waals surface area contributed by atoms with E-state index in [0.29, 0.717) is 0 Å². The zero-order chi connectivity index (χ0) is 12.2. The normalized spacial score (nSPS) is 19.6. The summed E-state index contributed by atoms with van der Waals surface area (Å²) >= 11 is 0. The number of aliphatic hydroxyl groups is 1. The second-order valence-corrected chi connectivity index (χ2v) is 5.46. The predicted octanol–water partition coefficient (Wildman–Crippen LogP) is 0.559. The summed E-state index contributed by atoms with van der Waals surface area (Å²) < 4.78 is 0. The van der Waals surface area contributed by atoms with Gasteiger partial charge in [-0.3, -0.25) is 9.69 Å². The van der Waals surface area contributed by atoms with Crippen LogP contribution in [0.15, 0.2) is 0 Å². The number of nitrogens with zero attached hydrogens (tertiary/aromatic N) is 2. The summed E-state index contributed by atoms with van der Waals surface area (Å²) in [5.74, 6) is 0.235. The van der Waals surface area contributed by atoms with Crippen molar-refractivity contribution in [1.29, 1.82) is 0 Å². The number of hydrogen-bond acceptors (Lipinski definition) is 3. The number of carbonyl (C=O) groups excluding carboxylic acids is 1. The van der Waals surface area contributed by atoms with Crippen molar-refractivity contribution in [2.75, 3.05) is 39.3 Å². The zero-order valence-electron chi connectivity index (χ0n) is 10.7. The average molecular weight is 228 g/mol. The fourth-order valence-corrected chi connectivity index (χ4v) is 2.01. The van der Waals surface area contributed by atoms with Crippen LogP contribution in [0.5, 0.6) is 0 Å². The minimum Gasteiger partial charge on any atom is -0.395 e. The molecule has 16 heavy (non-hydrogen) atoms. The van der Waals surface area contributed by atoms with Gasteiger partial charge in [0.15, 0.2) is 0 Å². The van der Waals surface area contributed by atoms with Gasteiger partial charge in [0.05, 0.1) is 6.61 Å². The third kappa shape index (κ3) is 3.76. The van der Waals surface area contributed by atoms with E-state index in [1.807, 2.05) is 25.7 Å². The Morgan fingerprint density at radius 1 is 1.19 bits per heavy atom. The Morgan fingerprint density at radius 3 is 2.44 bits per heavy atom. The van der Waals surface area contributed by atoms with Crippen LogP contribution in [0.1, 0.15) is 27.2 Å². The van der Waals surface area contributed by atoms with Gasteiger partial charge in [-0.2, -0.15) is 0 Å². The molecule has 1 amide bonds. The lowest BCUT2D eigenvalue weighted by molar-refractivity contribution is -0.139. The van der Waals surface area contributed by atoms with Gasteiger partial charge in [-0.05, 0) is 13.0 Å². The Labute approximate surface area is 98.2 Å². The molecule has 1 fully saturated rings. The van der Waals surface area contributed by atoms with Crippen LogP contribution in [0.25, 0.3) is 0 Å². The smallest absolute Gasteiger partial charge is 0.227 e. The summed E-state index contributed by atoms with van der Waals surface area (Å²) in [6, 6.07) is 0. The van der Waals surface area contributed by atoms with Crippen molar-refractivity contribution in [3.8, 4) is 0 Å². The van der Waals surface area contributed by atoms with E-state index in [1.165, 1.54) is 0 Å². The van der Waals surface area contributed by atoms with Gasteiger partial charge in [0, 0.05) is 31.6 Å². The molecule has 0 atom stereocenters. The van der Waals surface area contributed by atoms with Crippen molar-refractivity contribution in [3.05, 3.63) is 0 Å². The van der Waals surface area contributed by atoms with Gasteiger partial charge >= 0.3 is 0 Å². The van der Waals surface area contributed by atoms with Gasteiger partial charge in [-0.25, -0.2) is 0 Å². The first-order valence-electron chi connectivity index (χ1n) is 6.08. The van der Waals surface area contributed by atoms with Crippen LogP contribution in [0.2, 0.25) is 0 Å². The molecule has 0 saturated carbocycles. The molecule has 0 spiro atoms. The summed E-state index contributed by atoms with van der Waals surface area (Å²) in [5.41, 5.74) is -0.286. The van der Waals surface area contributed by atoms with E-state index in [0.717, 1.165) is 39.1 Å². The van der Waals surface area contributed by atoms with Crippen molar-refractivity contribution in [3.63, 3.8) is 0 Å². The molecule has 1 aliphatic heterocycles. The van der Waals surface area contributed by atoms with Gasteiger partial charge < -0.3 is 10.0 Å². The largest absolute Gasteiger partial charge is 0.395 e. The van der Waals surface area contributed by atoms with E-state index in [4.69, 9.17) is 5.11 Å². The molecule has 0 aromatic carbocycles. The van der Waals surface area contributed by atoms with Crippen LogP contribution in [0, 0.1) is 5.41 Å². The number of rotatable bonds is 2. The number of hydrogen-bond donors (Lipinski definition) is 1. The molecule has 0 aromatic rings. The SMILES string of the molecule is CC(C)(C)C(=O)N1CCCN(CCO)CC1. The molecule has 1 N–H and O–H groups in total. The zero-order valence-corrected chi connectivity index (χ0v) is 10.7. The van der Waals surface area contributed by atoms with Crippen molar-refractivity contribution in [1.82, 2.24) is 9.80 Å². The monoisotopic (exact) mass is 228 g/mol. The maximum atomic E-state index is 12.1. The Morgan fingerprint density at radius 2 is 1.88 bits per heavy atom. The van der Waals surface area contributed by atoms with E-state index in [-0.39, 0.29) is 17.9 Å². The lowest BCUT2D eigenvalue weighted by atomic mass is 9.94. The minimum absolute atomic E-state index is 0.202. The fraction of sp³-hybridized carbons (Fsp3) is 0.917. The van der Waals surface area contributed by atoms with Gasteiger partial charge in [0.2, 0.25) is 5.91 Å². The molecular formula is C12H24N2O2. The topological polar surface area (TPSA) is 43.8 Å². The molecule has 0 aliphatic carbocycles. The molecular weight excluding hydrogens is 204 g/mol. The molecule has 0 unspecified atom stereocenters. The Bertz CT molecular complexity index is 236. The predicted molar refractivity (Wildman–Crippen MR) is 64.2 cm³/mol. The van der Waals surface area contributed by atoms with Crippen LogP contribution >= 0.6 is 0 Å². The van der Waals surface area contributed by atoms with Crippen LogP contribution in [-0.4, -0.2) is 60.1 Å². The summed E-state index contributed by atoms with van der Waals surface area (Å²) in [7, 11) is 0. The average Bonchev–Trinajstić information content (AvgIpc) is 2.41. The van der Waals surface area contributed by atoms with Gasteiger partial charge in [-0.1, -0.05) is 20.8 Å². The van der Waals surface area contributed by atoms with Crippen LogP contribution < -0.4 is 0 Å². The lowest BCUT2D eigenvalue weighted by Crippen LogP contribution is -2.41. The van der Waals surface area contributed by atoms with Gasteiger partial charge in [0.1, 0.15) is 0 Å². The molecule has 1 saturated heterocycles. The van der Waals surface area contributed by atoms with Crippen molar-refractivity contribution in [2.45, 2.75) is 27.2 Å². The van der Waals surface area contributed by atoms with Crippen molar-refractivity contribution in [2.24, 2.45) is 5.41 Å². The molecule has 0 bridgehead atoms. The van der Waals surface area contributed by atoms with Crippen LogP contribution in [0.4, 0.5) is 0 Å². The molecule has 4 nitrogen and oxygen atoms in total. The molecule has 94 valence electrons. The number of amides is 1. The quantitative estimate of drug-likeness (QED) is 0.751. The highest BCUT2D eigenvalue weighted by molar-refractivity contribution is 5.81. The van der Waals surface area contributed by atoms with E-state index in [2.05, 4.69) is 4.90 Å². The van der Waals surface area contributed by atoms with Crippen molar-refractivity contribution >= 4 is 5.91 Å². The fourth-order valence-electron chi connectivity index (χ4n) is 2.01.